The van der Waals surface area contributed by atoms with Crippen LogP contribution in [0, 0.1) is 0 Å². The molecule has 4 rings (SSSR count). The molecule has 0 atom stereocenters. The number of ether oxygens (including phenoxy) is 3. The number of hydrogen-bond donors (Lipinski definition) is 1. The van der Waals surface area contributed by atoms with Crippen molar-refractivity contribution in [3.63, 3.8) is 0 Å². The highest BCUT2D eigenvalue weighted by molar-refractivity contribution is 5.92. The van der Waals surface area contributed by atoms with Gasteiger partial charge >= 0.3 is 6.09 Å². The van der Waals surface area contributed by atoms with Gasteiger partial charge in [-0.25, -0.2) is 4.79 Å². The Morgan fingerprint density at radius 2 is 1.75 bits per heavy atom. The van der Waals surface area contributed by atoms with Crippen molar-refractivity contribution < 1.29 is 23.8 Å². The molecule has 7 nitrogen and oxygen atoms in total. The van der Waals surface area contributed by atoms with Crippen LogP contribution in [0.2, 0.25) is 0 Å². The number of anilines is 2. The first kappa shape index (κ1) is 18.2. The van der Waals surface area contributed by atoms with E-state index in [9.17, 15) is 9.59 Å². The van der Waals surface area contributed by atoms with Crippen LogP contribution in [-0.2, 0) is 16.0 Å². The van der Waals surface area contributed by atoms with Gasteiger partial charge in [0, 0.05) is 17.8 Å². The first-order valence-corrected chi connectivity index (χ1v) is 9.42. The number of rotatable bonds is 6. The second-order valence-electron chi connectivity index (χ2n) is 6.69. The number of amides is 2. The van der Waals surface area contributed by atoms with Crippen LogP contribution in [-0.4, -0.2) is 38.4 Å². The number of aryl methyl sites for hydroxylation is 1. The van der Waals surface area contributed by atoms with E-state index in [1.807, 2.05) is 18.2 Å². The molecule has 1 N–H and O–H groups in total. The lowest BCUT2D eigenvalue weighted by atomic mass is 10.1. The first-order valence-electron chi connectivity index (χ1n) is 9.42. The molecule has 146 valence electrons. The standard InChI is InChI=1S/C21H22N2O5/c24-20(3-1-2-15-4-9-18-19(14-15)27-13-12-26-18)22-16-5-7-17(8-6-16)23-10-11-28-21(23)25/h4-9,14H,1-3,10-13H2,(H,22,24). The fourth-order valence-corrected chi connectivity index (χ4v) is 3.27. The largest absolute Gasteiger partial charge is 0.486 e. The fourth-order valence-electron chi connectivity index (χ4n) is 3.27. The molecule has 0 aliphatic carbocycles. The van der Waals surface area contributed by atoms with E-state index >= 15 is 0 Å². The van der Waals surface area contributed by atoms with Crippen molar-refractivity contribution in [2.75, 3.05) is 36.6 Å². The molecule has 2 heterocycles. The summed E-state index contributed by atoms with van der Waals surface area (Å²) >= 11 is 0. The summed E-state index contributed by atoms with van der Waals surface area (Å²) < 4.78 is 16.0. The monoisotopic (exact) mass is 382 g/mol. The van der Waals surface area contributed by atoms with E-state index in [2.05, 4.69) is 5.32 Å². The van der Waals surface area contributed by atoms with Crippen LogP contribution < -0.4 is 19.7 Å². The topological polar surface area (TPSA) is 77.1 Å². The van der Waals surface area contributed by atoms with Gasteiger partial charge < -0.3 is 19.5 Å². The van der Waals surface area contributed by atoms with Crippen molar-refractivity contribution in [2.24, 2.45) is 0 Å². The Morgan fingerprint density at radius 1 is 0.964 bits per heavy atom. The molecule has 2 aliphatic heterocycles. The fraction of sp³-hybridized carbons (Fsp3) is 0.333. The Labute approximate surface area is 163 Å². The number of nitrogens with zero attached hydrogens (tertiary/aromatic N) is 1. The van der Waals surface area contributed by atoms with E-state index in [0.717, 1.165) is 35.6 Å². The van der Waals surface area contributed by atoms with Crippen molar-refractivity contribution in [3.8, 4) is 11.5 Å². The third kappa shape index (κ3) is 4.19. The molecular weight excluding hydrogens is 360 g/mol. The van der Waals surface area contributed by atoms with Gasteiger partial charge in [0.1, 0.15) is 19.8 Å². The quantitative estimate of drug-likeness (QED) is 0.829. The SMILES string of the molecule is O=C(CCCc1ccc2c(c1)OCCO2)Nc1ccc(N2CCOC2=O)cc1. The number of fused-ring (bicyclic) bond motifs is 1. The van der Waals surface area contributed by atoms with Crippen LogP contribution in [0.5, 0.6) is 11.5 Å². The number of cyclic esters (lactones) is 1. The van der Waals surface area contributed by atoms with Crippen molar-refractivity contribution >= 4 is 23.4 Å². The highest BCUT2D eigenvalue weighted by Crippen LogP contribution is 2.31. The van der Waals surface area contributed by atoms with Crippen molar-refractivity contribution in [2.45, 2.75) is 19.3 Å². The number of carbonyl (C=O) groups excluding carboxylic acids is 2. The van der Waals surface area contributed by atoms with E-state index in [-0.39, 0.29) is 12.0 Å². The first-order chi connectivity index (χ1) is 13.7. The molecule has 2 amide bonds. The summed E-state index contributed by atoms with van der Waals surface area (Å²) in [6, 6.07) is 13.1. The minimum absolute atomic E-state index is 0.0362. The smallest absolute Gasteiger partial charge is 0.414 e. The molecule has 0 radical (unpaired) electrons. The average Bonchev–Trinajstić information content (AvgIpc) is 3.14. The van der Waals surface area contributed by atoms with Gasteiger partial charge in [-0.15, -0.1) is 0 Å². The van der Waals surface area contributed by atoms with Crippen LogP contribution in [0.4, 0.5) is 16.2 Å². The lowest BCUT2D eigenvalue weighted by Crippen LogP contribution is -2.23. The van der Waals surface area contributed by atoms with Gasteiger partial charge in [0.05, 0.1) is 6.54 Å². The summed E-state index contributed by atoms with van der Waals surface area (Å²) in [5, 5.41) is 2.89. The molecule has 0 spiro atoms. The summed E-state index contributed by atoms with van der Waals surface area (Å²) in [5.74, 6) is 1.51. The molecule has 0 aromatic heterocycles. The van der Waals surface area contributed by atoms with Gasteiger partial charge in [-0.05, 0) is 54.8 Å². The Balaban J connectivity index is 1.25. The molecule has 2 aromatic carbocycles. The maximum absolute atomic E-state index is 12.2. The Bertz CT molecular complexity index is 866. The van der Waals surface area contributed by atoms with Crippen LogP contribution in [0.15, 0.2) is 42.5 Å². The third-order valence-corrected chi connectivity index (χ3v) is 4.70. The maximum atomic E-state index is 12.2. The normalized spacial score (nSPS) is 15.3. The number of benzene rings is 2. The molecule has 7 heteroatoms. The van der Waals surface area contributed by atoms with E-state index in [1.165, 1.54) is 0 Å². The van der Waals surface area contributed by atoms with Gasteiger partial charge in [0.2, 0.25) is 5.91 Å². The molecule has 1 saturated heterocycles. The molecule has 0 saturated carbocycles. The molecule has 0 unspecified atom stereocenters. The predicted molar refractivity (Wildman–Crippen MR) is 104 cm³/mol. The zero-order chi connectivity index (χ0) is 19.3. The van der Waals surface area contributed by atoms with Gasteiger partial charge in [0.25, 0.3) is 0 Å². The van der Waals surface area contributed by atoms with Crippen molar-refractivity contribution in [1.29, 1.82) is 0 Å². The van der Waals surface area contributed by atoms with E-state index in [1.54, 1.807) is 29.2 Å². The summed E-state index contributed by atoms with van der Waals surface area (Å²) in [6.07, 6.45) is 1.62. The number of hydrogen-bond acceptors (Lipinski definition) is 5. The minimum atomic E-state index is -0.337. The highest BCUT2D eigenvalue weighted by Gasteiger charge is 2.23. The predicted octanol–water partition coefficient (Wildman–Crippen LogP) is 3.38. The second-order valence-corrected chi connectivity index (χ2v) is 6.69. The van der Waals surface area contributed by atoms with Crippen LogP contribution >= 0.6 is 0 Å². The van der Waals surface area contributed by atoms with Crippen molar-refractivity contribution in [1.82, 2.24) is 0 Å². The Kier molecular flexibility index (Phi) is 5.32. The van der Waals surface area contributed by atoms with Gasteiger partial charge in [0.15, 0.2) is 11.5 Å². The summed E-state index contributed by atoms with van der Waals surface area (Å²) in [7, 11) is 0. The van der Waals surface area contributed by atoms with E-state index in [4.69, 9.17) is 14.2 Å². The molecule has 0 bridgehead atoms. The highest BCUT2D eigenvalue weighted by atomic mass is 16.6. The molecule has 2 aliphatic rings. The average molecular weight is 382 g/mol. The van der Waals surface area contributed by atoms with E-state index in [0.29, 0.717) is 38.5 Å². The Morgan fingerprint density at radius 3 is 2.50 bits per heavy atom. The lowest BCUT2D eigenvalue weighted by molar-refractivity contribution is -0.116. The maximum Gasteiger partial charge on any atom is 0.414 e. The molecule has 28 heavy (non-hydrogen) atoms. The molecule has 2 aromatic rings. The Hall–Kier alpha value is -3.22. The number of nitrogens with one attached hydrogen (secondary N) is 1. The minimum Gasteiger partial charge on any atom is -0.486 e. The number of carbonyl (C=O) groups is 2. The zero-order valence-electron chi connectivity index (χ0n) is 15.5. The second kappa shape index (κ2) is 8.21. The molecule has 1 fully saturated rings. The van der Waals surface area contributed by atoms with E-state index < -0.39 is 0 Å². The van der Waals surface area contributed by atoms with Crippen LogP contribution in [0.1, 0.15) is 18.4 Å². The molecular formula is C21H22N2O5. The zero-order valence-corrected chi connectivity index (χ0v) is 15.5. The van der Waals surface area contributed by atoms with Crippen LogP contribution in [0.3, 0.4) is 0 Å². The van der Waals surface area contributed by atoms with Gasteiger partial charge in [-0.1, -0.05) is 6.07 Å². The summed E-state index contributed by atoms with van der Waals surface area (Å²) in [6.45, 7) is 2.09. The van der Waals surface area contributed by atoms with Gasteiger partial charge in [-0.3, -0.25) is 9.69 Å². The summed E-state index contributed by atoms with van der Waals surface area (Å²) in [4.78, 5) is 25.3. The lowest BCUT2D eigenvalue weighted by Gasteiger charge is -2.18. The van der Waals surface area contributed by atoms with Gasteiger partial charge in [-0.2, -0.15) is 0 Å². The van der Waals surface area contributed by atoms with Crippen molar-refractivity contribution in [3.05, 3.63) is 48.0 Å². The summed E-state index contributed by atoms with van der Waals surface area (Å²) in [5.41, 5.74) is 2.60. The third-order valence-electron chi connectivity index (χ3n) is 4.70. The van der Waals surface area contributed by atoms with Crippen LogP contribution in [0.25, 0.3) is 0 Å².